The quantitative estimate of drug-likeness (QED) is 0.753. The molecule has 7 nitrogen and oxygen atoms in total. The third kappa shape index (κ3) is 5.44. The highest BCUT2D eigenvalue weighted by molar-refractivity contribution is 5.89. The van der Waals surface area contributed by atoms with E-state index in [0.717, 1.165) is 23.6 Å². The summed E-state index contributed by atoms with van der Waals surface area (Å²) >= 11 is 0. The summed E-state index contributed by atoms with van der Waals surface area (Å²) in [7, 11) is 0. The Kier molecular flexibility index (Phi) is 6.25. The molecule has 1 unspecified atom stereocenters. The molecule has 2 aromatic carbocycles. The fourth-order valence-corrected chi connectivity index (χ4v) is 2.90. The van der Waals surface area contributed by atoms with Crippen molar-refractivity contribution in [3.05, 3.63) is 42.5 Å². The number of hydrogen-bond acceptors (Lipinski definition) is 5. The summed E-state index contributed by atoms with van der Waals surface area (Å²) in [4.78, 5) is 35.5. The van der Waals surface area contributed by atoms with Crippen molar-refractivity contribution in [1.82, 2.24) is 10.6 Å². The van der Waals surface area contributed by atoms with E-state index in [1.54, 1.807) is 6.07 Å². The standard InChI is InChI=1S/C20H22N2O5/c23-18(22-17-7-3-4-10-21-20(17)25)12-27-19(24)13-26-16-9-8-14-5-1-2-6-15(14)11-16/h1-2,5-6,8-9,11,17H,3-4,7,10,12-13H2,(H,21,25)(H,22,23). The van der Waals surface area contributed by atoms with E-state index in [0.29, 0.717) is 18.7 Å². The minimum absolute atomic E-state index is 0.202. The van der Waals surface area contributed by atoms with Gasteiger partial charge in [-0.15, -0.1) is 0 Å². The maximum absolute atomic E-state index is 11.9. The molecule has 0 aromatic heterocycles. The Morgan fingerprint density at radius 1 is 1.07 bits per heavy atom. The van der Waals surface area contributed by atoms with Gasteiger partial charge in [0, 0.05) is 6.54 Å². The van der Waals surface area contributed by atoms with Crippen molar-refractivity contribution in [1.29, 1.82) is 0 Å². The molecular weight excluding hydrogens is 348 g/mol. The van der Waals surface area contributed by atoms with E-state index in [1.165, 1.54) is 0 Å². The van der Waals surface area contributed by atoms with Crippen LogP contribution in [-0.2, 0) is 19.1 Å². The highest BCUT2D eigenvalue weighted by Gasteiger charge is 2.22. The van der Waals surface area contributed by atoms with Crippen LogP contribution >= 0.6 is 0 Å². The zero-order valence-corrected chi connectivity index (χ0v) is 14.9. The van der Waals surface area contributed by atoms with E-state index in [9.17, 15) is 14.4 Å². The number of benzene rings is 2. The fraction of sp³-hybridized carbons (Fsp3) is 0.350. The molecule has 0 aliphatic carbocycles. The summed E-state index contributed by atoms with van der Waals surface area (Å²) in [6.07, 6.45) is 2.32. The number of fused-ring (bicyclic) bond motifs is 1. The third-order valence-corrected chi connectivity index (χ3v) is 4.31. The second-order valence-electron chi connectivity index (χ2n) is 6.37. The van der Waals surface area contributed by atoms with Gasteiger partial charge in [0.1, 0.15) is 11.8 Å². The normalized spacial score (nSPS) is 16.9. The molecule has 0 radical (unpaired) electrons. The van der Waals surface area contributed by atoms with Gasteiger partial charge in [-0.3, -0.25) is 9.59 Å². The van der Waals surface area contributed by atoms with Crippen molar-refractivity contribution in [2.45, 2.75) is 25.3 Å². The zero-order chi connectivity index (χ0) is 19.1. The summed E-state index contributed by atoms with van der Waals surface area (Å²) in [6, 6.07) is 12.7. The van der Waals surface area contributed by atoms with Gasteiger partial charge in [0.2, 0.25) is 5.91 Å². The van der Waals surface area contributed by atoms with Crippen molar-refractivity contribution in [3.63, 3.8) is 0 Å². The lowest BCUT2D eigenvalue weighted by Gasteiger charge is -2.15. The van der Waals surface area contributed by atoms with Gasteiger partial charge < -0.3 is 20.1 Å². The highest BCUT2D eigenvalue weighted by atomic mass is 16.6. The summed E-state index contributed by atoms with van der Waals surface area (Å²) in [5.41, 5.74) is 0. The van der Waals surface area contributed by atoms with E-state index >= 15 is 0 Å². The molecule has 142 valence electrons. The number of rotatable bonds is 6. The monoisotopic (exact) mass is 370 g/mol. The van der Waals surface area contributed by atoms with Crippen LogP contribution in [0.4, 0.5) is 0 Å². The molecule has 1 aliphatic rings. The fourth-order valence-electron chi connectivity index (χ4n) is 2.90. The van der Waals surface area contributed by atoms with Gasteiger partial charge in [-0.1, -0.05) is 30.3 Å². The van der Waals surface area contributed by atoms with Gasteiger partial charge >= 0.3 is 5.97 Å². The van der Waals surface area contributed by atoms with E-state index < -0.39 is 24.5 Å². The SMILES string of the molecule is O=C(COC(=O)COc1ccc2ccccc2c1)NC1CCCCNC1=O. The Labute approximate surface area is 157 Å². The summed E-state index contributed by atoms with van der Waals surface area (Å²) in [6.45, 7) is -0.120. The van der Waals surface area contributed by atoms with Crippen LogP contribution < -0.4 is 15.4 Å². The smallest absolute Gasteiger partial charge is 0.344 e. The average molecular weight is 370 g/mol. The Balaban J connectivity index is 1.42. The third-order valence-electron chi connectivity index (χ3n) is 4.31. The molecule has 1 fully saturated rings. The van der Waals surface area contributed by atoms with Gasteiger partial charge in [-0.25, -0.2) is 4.79 Å². The minimum Gasteiger partial charge on any atom is -0.482 e. The molecule has 0 saturated carbocycles. The first-order valence-electron chi connectivity index (χ1n) is 8.96. The first-order chi connectivity index (χ1) is 13.1. The molecule has 1 saturated heterocycles. The maximum atomic E-state index is 11.9. The van der Waals surface area contributed by atoms with Crippen molar-refractivity contribution < 1.29 is 23.9 Å². The van der Waals surface area contributed by atoms with Gasteiger partial charge in [0.05, 0.1) is 0 Å². The maximum Gasteiger partial charge on any atom is 0.344 e. The second-order valence-corrected chi connectivity index (χ2v) is 6.37. The number of amides is 2. The number of esters is 1. The average Bonchev–Trinajstić information content (AvgIpc) is 2.89. The Bertz CT molecular complexity index is 836. The van der Waals surface area contributed by atoms with Crippen LogP contribution in [0.25, 0.3) is 10.8 Å². The Morgan fingerprint density at radius 3 is 2.74 bits per heavy atom. The highest BCUT2D eigenvalue weighted by Crippen LogP contribution is 2.20. The molecule has 1 atom stereocenters. The van der Waals surface area contributed by atoms with Gasteiger partial charge in [-0.2, -0.15) is 0 Å². The van der Waals surface area contributed by atoms with Crippen molar-refractivity contribution >= 4 is 28.6 Å². The molecule has 2 aromatic rings. The molecule has 2 amide bonds. The number of ether oxygens (including phenoxy) is 2. The number of nitrogens with one attached hydrogen (secondary N) is 2. The number of hydrogen-bond donors (Lipinski definition) is 2. The van der Waals surface area contributed by atoms with Crippen LogP contribution in [0.1, 0.15) is 19.3 Å². The zero-order valence-electron chi connectivity index (χ0n) is 14.9. The Morgan fingerprint density at radius 2 is 1.89 bits per heavy atom. The van der Waals surface area contributed by atoms with Crippen LogP contribution in [0, 0.1) is 0 Å². The largest absolute Gasteiger partial charge is 0.482 e. The predicted molar refractivity (Wildman–Crippen MR) is 99.2 cm³/mol. The van der Waals surface area contributed by atoms with Crippen molar-refractivity contribution in [2.75, 3.05) is 19.8 Å². The topological polar surface area (TPSA) is 93.7 Å². The molecule has 3 rings (SSSR count). The predicted octanol–water partition coefficient (Wildman–Crippen LogP) is 1.55. The Hall–Kier alpha value is -3.09. The molecule has 27 heavy (non-hydrogen) atoms. The molecule has 0 spiro atoms. The first-order valence-corrected chi connectivity index (χ1v) is 8.96. The summed E-state index contributed by atoms with van der Waals surface area (Å²) in [5, 5.41) is 7.40. The van der Waals surface area contributed by atoms with Gasteiger partial charge in [0.15, 0.2) is 13.2 Å². The van der Waals surface area contributed by atoms with Crippen LogP contribution in [0.5, 0.6) is 5.75 Å². The lowest BCUT2D eigenvalue weighted by Crippen LogP contribution is -2.46. The van der Waals surface area contributed by atoms with Gasteiger partial charge in [0.25, 0.3) is 5.91 Å². The van der Waals surface area contributed by atoms with Gasteiger partial charge in [-0.05, 0) is 42.2 Å². The number of carbonyl (C=O) groups is 3. The van der Waals surface area contributed by atoms with E-state index in [4.69, 9.17) is 9.47 Å². The lowest BCUT2D eigenvalue weighted by atomic mass is 10.1. The molecule has 0 bridgehead atoms. The molecule has 7 heteroatoms. The number of carbonyl (C=O) groups excluding carboxylic acids is 3. The molecule has 2 N–H and O–H groups in total. The van der Waals surface area contributed by atoms with Crippen molar-refractivity contribution in [2.24, 2.45) is 0 Å². The first kappa shape index (κ1) is 18.7. The van der Waals surface area contributed by atoms with Crippen LogP contribution in [0.2, 0.25) is 0 Å². The minimum atomic E-state index is -0.649. The second kappa shape index (κ2) is 9.02. The summed E-state index contributed by atoms with van der Waals surface area (Å²) < 4.78 is 10.3. The van der Waals surface area contributed by atoms with E-state index in [-0.39, 0.29) is 12.5 Å². The van der Waals surface area contributed by atoms with E-state index in [2.05, 4.69) is 10.6 Å². The van der Waals surface area contributed by atoms with Crippen LogP contribution in [-0.4, -0.2) is 43.6 Å². The van der Waals surface area contributed by atoms with E-state index in [1.807, 2.05) is 36.4 Å². The lowest BCUT2D eigenvalue weighted by molar-refractivity contribution is -0.150. The summed E-state index contributed by atoms with van der Waals surface area (Å²) in [5.74, 6) is -0.809. The van der Waals surface area contributed by atoms with Crippen molar-refractivity contribution in [3.8, 4) is 5.75 Å². The molecular formula is C20H22N2O5. The molecule has 1 heterocycles. The van der Waals surface area contributed by atoms with Crippen LogP contribution in [0.15, 0.2) is 42.5 Å². The van der Waals surface area contributed by atoms with Crippen LogP contribution in [0.3, 0.4) is 0 Å². The molecule has 1 aliphatic heterocycles.